The summed E-state index contributed by atoms with van der Waals surface area (Å²) < 4.78 is 15.0. The number of hydrogen-bond acceptors (Lipinski definition) is 3. The minimum atomic E-state index is -0.828. The van der Waals surface area contributed by atoms with Crippen LogP contribution in [0.15, 0.2) is 78.9 Å². The quantitative estimate of drug-likeness (QED) is 0.530. The van der Waals surface area contributed by atoms with Crippen molar-refractivity contribution in [1.29, 1.82) is 0 Å². The molecule has 0 bridgehead atoms. The first-order valence-corrected chi connectivity index (χ1v) is 11.4. The van der Waals surface area contributed by atoms with Gasteiger partial charge >= 0.3 is 5.91 Å². The van der Waals surface area contributed by atoms with Crippen LogP contribution in [0.4, 0.5) is 10.1 Å². The van der Waals surface area contributed by atoms with Gasteiger partial charge in [0, 0.05) is 35.5 Å². The van der Waals surface area contributed by atoms with E-state index < -0.39 is 23.8 Å². The van der Waals surface area contributed by atoms with Gasteiger partial charge in [0.2, 0.25) is 12.3 Å². The molecule has 0 saturated carbocycles. The minimum absolute atomic E-state index is 0.287. The van der Waals surface area contributed by atoms with Crippen molar-refractivity contribution in [3.63, 3.8) is 0 Å². The summed E-state index contributed by atoms with van der Waals surface area (Å²) in [7, 11) is 0. The highest BCUT2D eigenvalue weighted by atomic mass is 19.1. The summed E-state index contributed by atoms with van der Waals surface area (Å²) in [6, 6.07) is 21.6. The summed E-state index contributed by atoms with van der Waals surface area (Å²) in [5.74, 6) is -1.18. The molecule has 4 rings (SSSR count). The molecule has 1 aliphatic rings. The molecule has 0 aromatic heterocycles. The zero-order valence-corrected chi connectivity index (χ0v) is 19.2. The predicted molar refractivity (Wildman–Crippen MR) is 130 cm³/mol. The molecule has 1 aliphatic heterocycles. The van der Waals surface area contributed by atoms with Crippen molar-refractivity contribution < 1.29 is 18.7 Å². The SMILES string of the molecule is CCN(CC)c1ccc(/C=[N+]2\NC(=O)[C@@H](NC(=O)c3ccc(F)cc3)[C@H]2c2ccccc2)cc1. The van der Waals surface area contributed by atoms with Crippen LogP contribution >= 0.6 is 0 Å². The molecular weight excluding hydrogens is 431 g/mol. The van der Waals surface area contributed by atoms with Crippen molar-refractivity contribution in [2.45, 2.75) is 25.9 Å². The average molecular weight is 460 g/mol. The lowest BCUT2D eigenvalue weighted by Gasteiger charge is -2.20. The summed E-state index contributed by atoms with van der Waals surface area (Å²) in [6.07, 6.45) is 1.87. The van der Waals surface area contributed by atoms with Crippen LogP contribution in [0.1, 0.15) is 41.4 Å². The van der Waals surface area contributed by atoms with E-state index in [4.69, 9.17) is 0 Å². The molecule has 6 nitrogen and oxygen atoms in total. The minimum Gasteiger partial charge on any atom is -0.372 e. The maximum atomic E-state index is 13.3. The smallest absolute Gasteiger partial charge is 0.304 e. The van der Waals surface area contributed by atoms with Crippen molar-refractivity contribution in [2.24, 2.45) is 0 Å². The Kier molecular flexibility index (Phi) is 7.01. The Morgan fingerprint density at radius 2 is 1.65 bits per heavy atom. The molecule has 34 heavy (non-hydrogen) atoms. The average Bonchev–Trinajstić information content (AvgIpc) is 3.16. The number of hydrazone groups is 1. The highest BCUT2D eigenvalue weighted by Crippen LogP contribution is 2.25. The van der Waals surface area contributed by atoms with Gasteiger partial charge in [0.1, 0.15) is 5.82 Å². The molecule has 1 heterocycles. The monoisotopic (exact) mass is 459 g/mol. The molecule has 2 atom stereocenters. The van der Waals surface area contributed by atoms with E-state index in [0.717, 1.165) is 29.9 Å². The van der Waals surface area contributed by atoms with Gasteiger partial charge in [-0.2, -0.15) is 0 Å². The molecule has 0 aliphatic carbocycles. The van der Waals surface area contributed by atoms with Gasteiger partial charge < -0.3 is 10.2 Å². The van der Waals surface area contributed by atoms with E-state index in [-0.39, 0.29) is 11.5 Å². The Morgan fingerprint density at radius 3 is 2.26 bits per heavy atom. The summed E-state index contributed by atoms with van der Waals surface area (Å²) in [6.45, 7) is 6.09. The lowest BCUT2D eigenvalue weighted by Crippen LogP contribution is -2.42. The second kappa shape index (κ2) is 10.3. The van der Waals surface area contributed by atoms with E-state index in [1.54, 1.807) is 4.68 Å². The first kappa shape index (κ1) is 23.2. The Hall–Kier alpha value is -4.00. The predicted octanol–water partition coefficient (Wildman–Crippen LogP) is 3.69. The molecular formula is C27H28FN4O2+. The van der Waals surface area contributed by atoms with Gasteiger partial charge in [-0.25, -0.2) is 4.39 Å². The largest absolute Gasteiger partial charge is 0.372 e. The van der Waals surface area contributed by atoms with Crippen LogP contribution in [0.25, 0.3) is 0 Å². The highest BCUT2D eigenvalue weighted by molar-refractivity contribution is 5.98. The summed E-state index contributed by atoms with van der Waals surface area (Å²) in [5.41, 5.74) is 6.10. The Labute approximate surface area is 198 Å². The van der Waals surface area contributed by atoms with Crippen LogP contribution in [0.2, 0.25) is 0 Å². The standard InChI is InChI=1S/C27H27FN4O2/c1-3-31(4-2)23-16-10-19(11-17-23)18-32-25(20-8-6-5-7-9-20)24(27(34)30-32)29-26(33)21-12-14-22(28)15-13-21/h5-18,24-25H,3-4H2,1-2H3,(H-,29,30,33,34)/p+1/t24-,25+/m0/s1. The molecule has 2 N–H and O–H groups in total. The van der Waals surface area contributed by atoms with Crippen molar-refractivity contribution in [3.05, 3.63) is 101 Å². The van der Waals surface area contributed by atoms with E-state index in [2.05, 4.69) is 41.6 Å². The number of nitrogens with zero attached hydrogens (tertiary/aromatic N) is 2. The third-order valence-corrected chi connectivity index (χ3v) is 5.98. The van der Waals surface area contributed by atoms with Crippen molar-refractivity contribution in [1.82, 2.24) is 10.7 Å². The molecule has 7 heteroatoms. The van der Waals surface area contributed by atoms with E-state index >= 15 is 0 Å². The zero-order chi connectivity index (χ0) is 24.1. The maximum Gasteiger partial charge on any atom is 0.304 e. The van der Waals surface area contributed by atoms with E-state index in [1.807, 2.05) is 48.7 Å². The van der Waals surface area contributed by atoms with Gasteiger partial charge in [-0.15, -0.1) is 10.1 Å². The lowest BCUT2D eigenvalue weighted by atomic mass is 10.00. The number of halogens is 1. The van der Waals surface area contributed by atoms with Crippen LogP contribution in [0, 0.1) is 5.82 Å². The Balaban J connectivity index is 1.64. The maximum absolute atomic E-state index is 13.3. The number of hydrogen-bond donors (Lipinski definition) is 2. The lowest BCUT2D eigenvalue weighted by molar-refractivity contribution is -0.596. The molecule has 174 valence electrons. The van der Waals surface area contributed by atoms with Crippen molar-refractivity contribution >= 4 is 23.7 Å². The molecule has 3 aromatic carbocycles. The number of carbonyl (C=O) groups excluding carboxylic acids is 2. The summed E-state index contributed by atoms with van der Waals surface area (Å²) in [4.78, 5) is 28.0. The molecule has 3 aromatic rings. The van der Waals surface area contributed by atoms with Crippen LogP contribution in [0.5, 0.6) is 0 Å². The van der Waals surface area contributed by atoms with Crippen LogP contribution < -0.4 is 15.6 Å². The second-order valence-corrected chi connectivity index (χ2v) is 8.09. The summed E-state index contributed by atoms with van der Waals surface area (Å²) >= 11 is 0. The molecule has 0 radical (unpaired) electrons. The van der Waals surface area contributed by atoms with Crippen LogP contribution in [-0.2, 0) is 4.79 Å². The summed E-state index contributed by atoms with van der Waals surface area (Å²) in [5, 5.41) is 2.83. The molecule has 2 amide bonds. The Morgan fingerprint density at radius 1 is 1.00 bits per heavy atom. The molecule has 1 fully saturated rings. The van der Waals surface area contributed by atoms with Crippen LogP contribution in [0.3, 0.4) is 0 Å². The van der Waals surface area contributed by atoms with Crippen molar-refractivity contribution in [3.8, 4) is 0 Å². The van der Waals surface area contributed by atoms with E-state index in [9.17, 15) is 14.0 Å². The van der Waals surface area contributed by atoms with E-state index in [1.165, 1.54) is 24.3 Å². The van der Waals surface area contributed by atoms with Crippen LogP contribution in [-0.4, -0.2) is 41.8 Å². The highest BCUT2D eigenvalue weighted by Gasteiger charge is 2.47. The normalized spacial score (nSPS) is 18.6. The fourth-order valence-electron chi connectivity index (χ4n) is 4.18. The van der Waals surface area contributed by atoms with Gasteiger partial charge in [0.15, 0.2) is 6.04 Å². The number of carbonyl (C=O) groups is 2. The van der Waals surface area contributed by atoms with Crippen molar-refractivity contribution in [2.75, 3.05) is 18.0 Å². The number of anilines is 1. The number of nitrogens with one attached hydrogen (secondary N) is 2. The number of benzene rings is 3. The first-order valence-electron chi connectivity index (χ1n) is 11.4. The number of hydrazine groups is 1. The molecule has 0 spiro atoms. The number of amides is 2. The van der Waals surface area contributed by atoms with E-state index in [0.29, 0.717) is 0 Å². The second-order valence-electron chi connectivity index (χ2n) is 8.09. The fourth-order valence-corrected chi connectivity index (χ4v) is 4.18. The van der Waals surface area contributed by atoms with Gasteiger partial charge in [-0.3, -0.25) is 9.59 Å². The third kappa shape index (κ3) is 4.98. The zero-order valence-electron chi connectivity index (χ0n) is 19.2. The number of rotatable bonds is 7. The third-order valence-electron chi connectivity index (χ3n) is 5.98. The van der Waals surface area contributed by atoms with Gasteiger partial charge in [-0.05, 0) is 62.4 Å². The van der Waals surface area contributed by atoms with Gasteiger partial charge in [-0.1, -0.05) is 30.3 Å². The van der Waals surface area contributed by atoms with Gasteiger partial charge in [0.05, 0.1) is 0 Å². The topological polar surface area (TPSA) is 64.5 Å². The first-order chi connectivity index (χ1) is 16.5. The Bertz CT molecular complexity index is 1170. The van der Waals surface area contributed by atoms with Gasteiger partial charge in [0.25, 0.3) is 5.91 Å². The molecule has 1 saturated heterocycles. The molecule has 0 unspecified atom stereocenters. The fraction of sp³-hybridized carbons (Fsp3) is 0.222.